The molecule has 1 nitrogen and oxygen atoms in total. The van der Waals surface area contributed by atoms with Crippen molar-refractivity contribution in [2.24, 2.45) is 10.9 Å². The second-order valence-electron chi connectivity index (χ2n) is 4.68. The van der Waals surface area contributed by atoms with Gasteiger partial charge in [0, 0.05) is 11.6 Å². The Balaban J connectivity index is 1.93. The number of fused-ring (bicyclic) bond motifs is 1. The normalized spacial score (nSPS) is 30.9. The molecule has 0 saturated heterocycles. The van der Waals surface area contributed by atoms with Gasteiger partial charge in [0.25, 0.3) is 0 Å². The molecule has 0 aromatic rings. The summed E-state index contributed by atoms with van der Waals surface area (Å²) in [7, 11) is 0. The second kappa shape index (κ2) is 3.38. The SMILES string of the molecule is C1=CC2=C(CC1)CC1CCCCC1=N2. The molecule has 3 aliphatic rings. The first-order chi connectivity index (χ1) is 6.93. The molecule has 14 heavy (non-hydrogen) atoms. The molecule has 0 bridgehead atoms. The van der Waals surface area contributed by atoms with E-state index in [2.05, 4.69) is 12.2 Å². The summed E-state index contributed by atoms with van der Waals surface area (Å²) in [4.78, 5) is 4.84. The fraction of sp³-hybridized carbons (Fsp3) is 0.615. The molecule has 1 fully saturated rings. The van der Waals surface area contributed by atoms with E-state index in [1.54, 1.807) is 5.57 Å². The lowest BCUT2D eigenvalue weighted by molar-refractivity contribution is 0.507. The van der Waals surface area contributed by atoms with Crippen LogP contribution >= 0.6 is 0 Å². The lowest BCUT2D eigenvalue weighted by Crippen LogP contribution is -2.23. The number of hydrogen-bond donors (Lipinski definition) is 0. The van der Waals surface area contributed by atoms with Gasteiger partial charge in [0.05, 0.1) is 5.70 Å². The fourth-order valence-electron chi connectivity index (χ4n) is 2.91. The van der Waals surface area contributed by atoms with Crippen LogP contribution in [-0.4, -0.2) is 5.71 Å². The van der Waals surface area contributed by atoms with Crippen LogP contribution in [-0.2, 0) is 0 Å². The van der Waals surface area contributed by atoms with Gasteiger partial charge in [-0.1, -0.05) is 12.5 Å². The van der Waals surface area contributed by atoms with Gasteiger partial charge in [0.2, 0.25) is 0 Å². The Bertz CT molecular complexity index is 333. The number of allylic oxidation sites excluding steroid dienone is 3. The maximum atomic E-state index is 4.84. The predicted octanol–water partition coefficient (Wildman–Crippen LogP) is 3.63. The fourth-order valence-corrected chi connectivity index (χ4v) is 2.91. The first kappa shape index (κ1) is 8.46. The molecule has 0 aromatic heterocycles. The zero-order valence-corrected chi connectivity index (χ0v) is 8.63. The largest absolute Gasteiger partial charge is 0.258 e. The zero-order valence-electron chi connectivity index (χ0n) is 8.63. The summed E-state index contributed by atoms with van der Waals surface area (Å²) in [5.41, 5.74) is 4.44. The molecular formula is C13H17N. The summed E-state index contributed by atoms with van der Waals surface area (Å²) in [5.74, 6) is 0.814. The standard InChI is InChI=1S/C13H17N/c1-3-7-12-10(5-1)9-11-6-2-4-8-13(11)14-12/h3,7,11H,1-2,4-6,8-9H2. The molecular weight excluding hydrogens is 170 g/mol. The van der Waals surface area contributed by atoms with Crippen LogP contribution in [0.2, 0.25) is 0 Å². The van der Waals surface area contributed by atoms with E-state index in [1.807, 2.05) is 0 Å². The van der Waals surface area contributed by atoms with E-state index in [4.69, 9.17) is 4.99 Å². The Morgan fingerprint density at radius 2 is 2.21 bits per heavy atom. The van der Waals surface area contributed by atoms with Gasteiger partial charge in [0.1, 0.15) is 0 Å². The lowest BCUT2D eigenvalue weighted by atomic mass is 9.79. The summed E-state index contributed by atoms with van der Waals surface area (Å²) < 4.78 is 0. The van der Waals surface area contributed by atoms with E-state index in [9.17, 15) is 0 Å². The zero-order chi connectivity index (χ0) is 9.38. The van der Waals surface area contributed by atoms with Crippen molar-refractivity contribution in [3.8, 4) is 0 Å². The molecule has 1 saturated carbocycles. The Labute approximate surface area is 85.6 Å². The highest BCUT2D eigenvalue weighted by molar-refractivity contribution is 5.89. The molecule has 1 atom stereocenters. The topological polar surface area (TPSA) is 12.4 Å². The van der Waals surface area contributed by atoms with E-state index in [0.29, 0.717) is 0 Å². The van der Waals surface area contributed by atoms with Gasteiger partial charge in [0.15, 0.2) is 0 Å². The van der Waals surface area contributed by atoms with Crippen molar-refractivity contribution in [1.29, 1.82) is 0 Å². The van der Waals surface area contributed by atoms with Crippen molar-refractivity contribution in [1.82, 2.24) is 0 Å². The molecule has 0 amide bonds. The van der Waals surface area contributed by atoms with Crippen LogP contribution in [0.4, 0.5) is 0 Å². The van der Waals surface area contributed by atoms with Crippen LogP contribution in [0.5, 0.6) is 0 Å². The van der Waals surface area contributed by atoms with Crippen LogP contribution < -0.4 is 0 Å². The second-order valence-corrected chi connectivity index (χ2v) is 4.68. The average molecular weight is 187 g/mol. The summed E-state index contributed by atoms with van der Waals surface area (Å²) >= 11 is 0. The predicted molar refractivity (Wildman–Crippen MR) is 59.4 cm³/mol. The van der Waals surface area contributed by atoms with Gasteiger partial charge in [-0.2, -0.15) is 0 Å². The van der Waals surface area contributed by atoms with Crippen LogP contribution in [0.3, 0.4) is 0 Å². The third-order valence-corrected chi connectivity index (χ3v) is 3.71. The Morgan fingerprint density at radius 1 is 1.21 bits per heavy atom. The number of hydrogen-bond acceptors (Lipinski definition) is 1. The van der Waals surface area contributed by atoms with Gasteiger partial charge >= 0.3 is 0 Å². The van der Waals surface area contributed by atoms with Gasteiger partial charge < -0.3 is 0 Å². The number of aliphatic imine (C=N–C) groups is 1. The highest BCUT2D eigenvalue weighted by Crippen LogP contribution is 2.36. The summed E-state index contributed by atoms with van der Waals surface area (Å²) in [6.45, 7) is 0. The smallest absolute Gasteiger partial charge is 0.0618 e. The molecule has 2 aliphatic carbocycles. The van der Waals surface area contributed by atoms with Crippen LogP contribution in [0, 0.1) is 5.92 Å². The van der Waals surface area contributed by atoms with Gasteiger partial charge in [-0.05, 0) is 50.2 Å². The van der Waals surface area contributed by atoms with E-state index >= 15 is 0 Å². The molecule has 3 rings (SSSR count). The molecule has 1 unspecified atom stereocenters. The molecule has 0 spiro atoms. The number of rotatable bonds is 0. The maximum absolute atomic E-state index is 4.84. The van der Waals surface area contributed by atoms with Gasteiger partial charge in [-0.3, -0.25) is 4.99 Å². The van der Waals surface area contributed by atoms with Crippen molar-refractivity contribution in [2.45, 2.75) is 44.9 Å². The first-order valence-corrected chi connectivity index (χ1v) is 5.89. The Hall–Kier alpha value is -0.850. The Morgan fingerprint density at radius 3 is 3.21 bits per heavy atom. The minimum absolute atomic E-state index is 0.814. The highest BCUT2D eigenvalue weighted by Gasteiger charge is 2.26. The molecule has 0 radical (unpaired) electrons. The molecule has 1 heterocycles. The maximum Gasteiger partial charge on any atom is 0.0618 e. The Kier molecular flexibility index (Phi) is 2.04. The lowest BCUT2D eigenvalue weighted by Gasteiger charge is -2.30. The summed E-state index contributed by atoms with van der Waals surface area (Å²) in [6.07, 6.45) is 13.7. The van der Waals surface area contributed by atoms with E-state index in [1.165, 1.54) is 56.4 Å². The molecule has 1 aliphatic heterocycles. The van der Waals surface area contributed by atoms with E-state index in [0.717, 1.165) is 5.92 Å². The van der Waals surface area contributed by atoms with Crippen molar-refractivity contribution in [3.63, 3.8) is 0 Å². The number of nitrogens with zero attached hydrogens (tertiary/aromatic N) is 1. The third-order valence-electron chi connectivity index (χ3n) is 3.71. The minimum Gasteiger partial charge on any atom is -0.258 e. The van der Waals surface area contributed by atoms with Crippen LogP contribution in [0.1, 0.15) is 44.9 Å². The third kappa shape index (κ3) is 1.35. The van der Waals surface area contributed by atoms with Crippen LogP contribution in [0.15, 0.2) is 28.4 Å². The quantitative estimate of drug-likeness (QED) is 0.549. The first-order valence-electron chi connectivity index (χ1n) is 5.89. The average Bonchev–Trinajstić information content (AvgIpc) is 2.26. The van der Waals surface area contributed by atoms with Gasteiger partial charge in [-0.25, -0.2) is 0 Å². The van der Waals surface area contributed by atoms with Crippen LogP contribution in [0.25, 0.3) is 0 Å². The minimum atomic E-state index is 0.814. The molecule has 1 heteroatoms. The highest BCUT2D eigenvalue weighted by atomic mass is 14.8. The van der Waals surface area contributed by atoms with Gasteiger partial charge in [-0.15, -0.1) is 0 Å². The van der Waals surface area contributed by atoms with Crippen molar-refractivity contribution in [2.75, 3.05) is 0 Å². The monoisotopic (exact) mass is 187 g/mol. The van der Waals surface area contributed by atoms with Crippen molar-refractivity contribution in [3.05, 3.63) is 23.4 Å². The summed E-state index contributed by atoms with van der Waals surface area (Å²) in [5, 5.41) is 0. The molecule has 0 aromatic carbocycles. The van der Waals surface area contributed by atoms with Crippen molar-refractivity contribution < 1.29 is 0 Å². The molecule has 0 N–H and O–H groups in total. The molecule has 74 valence electrons. The van der Waals surface area contributed by atoms with E-state index < -0.39 is 0 Å². The van der Waals surface area contributed by atoms with E-state index in [-0.39, 0.29) is 0 Å². The summed E-state index contributed by atoms with van der Waals surface area (Å²) in [6, 6.07) is 0. The van der Waals surface area contributed by atoms with Crippen molar-refractivity contribution >= 4 is 5.71 Å².